The maximum atomic E-state index is 14.0. The molecule has 2 aromatic rings. The maximum absolute atomic E-state index is 14.0. The van der Waals surface area contributed by atoms with Gasteiger partial charge in [0.15, 0.2) is 17.3 Å². The van der Waals surface area contributed by atoms with Crippen LogP contribution in [0, 0.1) is 17.5 Å². The Morgan fingerprint density at radius 2 is 1.65 bits per heavy atom. The molecule has 1 fully saturated rings. The van der Waals surface area contributed by atoms with Crippen molar-refractivity contribution < 1.29 is 54.9 Å². The highest BCUT2D eigenvalue weighted by molar-refractivity contribution is 5.89. The number of halogens is 6. The van der Waals surface area contributed by atoms with Gasteiger partial charge in [0.05, 0.1) is 12.2 Å². The molecule has 1 aromatic carbocycles. The second kappa shape index (κ2) is 13.7. The third-order valence-corrected chi connectivity index (χ3v) is 7.17. The van der Waals surface area contributed by atoms with Crippen LogP contribution in [-0.4, -0.2) is 64.4 Å². The maximum Gasteiger partial charge on any atom is 0.508 e. The van der Waals surface area contributed by atoms with E-state index in [0.29, 0.717) is 12.1 Å². The van der Waals surface area contributed by atoms with E-state index in [-0.39, 0.29) is 36.9 Å². The zero-order valence-corrected chi connectivity index (χ0v) is 22.9. The van der Waals surface area contributed by atoms with Gasteiger partial charge in [0.25, 0.3) is 0 Å². The molecule has 2 N–H and O–H groups in total. The molecule has 2 heterocycles. The van der Waals surface area contributed by atoms with Gasteiger partial charge in [-0.1, -0.05) is 6.42 Å². The van der Waals surface area contributed by atoms with E-state index in [1.54, 1.807) is 0 Å². The van der Waals surface area contributed by atoms with Gasteiger partial charge in [0.1, 0.15) is 25.1 Å². The van der Waals surface area contributed by atoms with Gasteiger partial charge in [-0.05, 0) is 43.7 Å². The molecule has 1 atom stereocenters. The van der Waals surface area contributed by atoms with Crippen LogP contribution in [0.1, 0.15) is 66.1 Å². The van der Waals surface area contributed by atoms with Crippen LogP contribution < -0.4 is 5.73 Å². The van der Waals surface area contributed by atoms with Crippen molar-refractivity contribution in [1.29, 1.82) is 0 Å². The summed E-state index contributed by atoms with van der Waals surface area (Å²) in [5, 5.41) is 0. The van der Waals surface area contributed by atoms with Gasteiger partial charge < -0.3 is 29.4 Å². The number of carbonyl (C=O) groups is 3. The minimum Gasteiger partial charge on any atom is -0.457 e. The number of alkyl halides is 3. The molecule has 1 aliphatic carbocycles. The summed E-state index contributed by atoms with van der Waals surface area (Å²) >= 11 is 0. The number of carbonyl (C=O) groups excluding carboxylic acids is 3. The van der Waals surface area contributed by atoms with Crippen molar-refractivity contribution >= 4 is 18.0 Å². The zero-order valence-electron chi connectivity index (χ0n) is 22.9. The first-order valence-corrected chi connectivity index (χ1v) is 13.7. The number of hydrogen-bond donors (Lipinski definition) is 1. The summed E-state index contributed by atoms with van der Waals surface area (Å²) in [5.41, 5.74) is 4.79. The second-order valence-electron chi connectivity index (χ2n) is 10.3. The quantitative estimate of drug-likeness (QED) is 0.191. The number of aromatic nitrogens is 2. The molecule has 10 nitrogen and oxygen atoms in total. The van der Waals surface area contributed by atoms with E-state index in [4.69, 9.17) is 19.9 Å². The highest BCUT2D eigenvalue weighted by Gasteiger charge is 2.42. The number of nitrogens with two attached hydrogens (primary N) is 1. The summed E-state index contributed by atoms with van der Waals surface area (Å²) < 4.78 is 97.5. The van der Waals surface area contributed by atoms with Crippen molar-refractivity contribution in [2.75, 3.05) is 19.8 Å². The average molecular weight is 621 g/mol. The number of esters is 1. The molecule has 4 rings (SSSR count). The molecule has 43 heavy (non-hydrogen) atoms. The normalized spacial score (nSPS) is 16.4. The van der Waals surface area contributed by atoms with Gasteiger partial charge in [-0.25, -0.2) is 27.7 Å². The van der Waals surface area contributed by atoms with Crippen LogP contribution in [0.5, 0.6) is 0 Å². The third kappa shape index (κ3) is 8.18. The van der Waals surface area contributed by atoms with Crippen LogP contribution >= 0.6 is 0 Å². The summed E-state index contributed by atoms with van der Waals surface area (Å²) in [6, 6.07) is -0.0341. The number of amides is 1. The van der Waals surface area contributed by atoms with E-state index in [9.17, 15) is 40.7 Å². The van der Waals surface area contributed by atoms with Crippen LogP contribution in [0.2, 0.25) is 0 Å². The summed E-state index contributed by atoms with van der Waals surface area (Å²) in [6.07, 6.45) is -2.48. The molecular formula is C27H30F6N4O6. The van der Waals surface area contributed by atoms with Gasteiger partial charge in [0, 0.05) is 31.6 Å². The van der Waals surface area contributed by atoms with Gasteiger partial charge in [-0.15, -0.1) is 0 Å². The molecule has 0 saturated heterocycles. The topological polar surface area (TPSA) is 126 Å². The Kier molecular flexibility index (Phi) is 10.2. The number of ether oxygens (including phenoxy) is 3. The minimum atomic E-state index is -4.91. The molecule has 0 radical (unpaired) electrons. The fourth-order valence-electron chi connectivity index (χ4n) is 5.07. The summed E-state index contributed by atoms with van der Waals surface area (Å²) in [5.74, 6) is -6.90. The Labute approximate surface area is 242 Å². The molecule has 1 saturated carbocycles. The number of nitrogens with zero attached hydrogens (tertiary/aromatic N) is 3. The lowest BCUT2D eigenvalue weighted by atomic mass is 9.98. The lowest BCUT2D eigenvalue weighted by molar-refractivity contribution is -0.148. The van der Waals surface area contributed by atoms with Gasteiger partial charge in [0.2, 0.25) is 11.7 Å². The fourth-order valence-corrected chi connectivity index (χ4v) is 5.07. The number of imidazole rings is 1. The van der Waals surface area contributed by atoms with E-state index in [0.717, 1.165) is 41.6 Å². The summed E-state index contributed by atoms with van der Waals surface area (Å²) in [6.45, 7) is -1.85. The number of fused-ring (bicyclic) bond motifs is 1. The Balaban J connectivity index is 1.36. The standard InChI is InChI=1S/C27H30F6N4O6/c28-18-13-20(30)19(29)11-15(18)10-16(34)12-22(38)36-6-7-37-21(14-36)23(35-25(37)27(31,32)33)24(39)41-8-9-42-26(40)43-17-4-2-1-3-5-17/h11,13,16-17H,1-10,12,14,34H2/t16-/m1/s1. The van der Waals surface area contributed by atoms with Gasteiger partial charge in [-0.3, -0.25) is 4.79 Å². The molecule has 1 aliphatic heterocycles. The molecule has 2 aliphatic rings. The highest BCUT2D eigenvalue weighted by Crippen LogP contribution is 2.33. The van der Waals surface area contributed by atoms with Crippen molar-refractivity contribution in [1.82, 2.24) is 14.5 Å². The zero-order chi connectivity index (χ0) is 31.3. The SMILES string of the molecule is N[C@@H](CC(=O)N1CCn2c(C(F)(F)F)nc(C(=O)OCCOC(=O)OC3CCCCC3)c2C1)Cc1cc(F)c(F)cc1F. The Bertz CT molecular complexity index is 1340. The third-order valence-electron chi connectivity index (χ3n) is 7.17. The van der Waals surface area contributed by atoms with Crippen molar-refractivity contribution in [3.63, 3.8) is 0 Å². The fraction of sp³-hybridized carbons (Fsp3) is 0.556. The first-order chi connectivity index (χ1) is 20.3. The summed E-state index contributed by atoms with van der Waals surface area (Å²) in [7, 11) is 0. The largest absolute Gasteiger partial charge is 0.508 e. The van der Waals surface area contributed by atoms with E-state index in [2.05, 4.69) is 4.98 Å². The van der Waals surface area contributed by atoms with Crippen LogP contribution in [0.25, 0.3) is 0 Å². The molecule has 1 amide bonds. The molecule has 236 valence electrons. The number of rotatable bonds is 9. The average Bonchev–Trinajstić information content (AvgIpc) is 3.34. The molecular weight excluding hydrogens is 590 g/mol. The number of benzene rings is 1. The summed E-state index contributed by atoms with van der Waals surface area (Å²) in [4.78, 5) is 42.0. The monoisotopic (exact) mass is 620 g/mol. The first kappa shape index (κ1) is 32.1. The van der Waals surface area contributed by atoms with Crippen LogP contribution in [0.4, 0.5) is 31.1 Å². The first-order valence-electron chi connectivity index (χ1n) is 13.7. The van der Waals surface area contributed by atoms with Crippen molar-refractivity contribution in [2.24, 2.45) is 5.73 Å². The second-order valence-corrected chi connectivity index (χ2v) is 10.3. The van der Waals surface area contributed by atoms with Crippen LogP contribution in [0.3, 0.4) is 0 Å². The molecule has 1 aromatic heterocycles. The predicted molar refractivity (Wildman–Crippen MR) is 135 cm³/mol. The van der Waals surface area contributed by atoms with E-state index in [1.807, 2.05) is 0 Å². The van der Waals surface area contributed by atoms with Crippen molar-refractivity contribution in [2.45, 2.75) is 76.4 Å². The van der Waals surface area contributed by atoms with Crippen molar-refractivity contribution in [3.8, 4) is 0 Å². The smallest absolute Gasteiger partial charge is 0.457 e. The Morgan fingerprint density at radius 3 is 2.35 bits per heavy atom. The van der Waals surface area contributed by atoms with E-state index >= 15 is 0 Å². The molecule has 0 spiro atoms. The van der Waals surface area contributed by atoms with Crippen LogP contribution in [-0.2, 0) is 44.7 Å². The molecule has 0 bridgehead atoms. The predicted octanol–water partition coefficient (Wildman–Crippen LogP) is 4.26. The number of hydrogen-bond acceptors (Lipinski definition) is 8. The van der Waals surface area contributed by atoms with Gasteiger partial charge in [-0.2, -0.15) is 13.2 Å². The lowest BCUT2D eigenvalue weighted by Crippen LogP contribution is -2.42. The Hall–Kier alpha value is -3.82. The molecule has 0 unspecified atom stereocenters. The van der Waals surface area contributed by atoms with E-state index < -0.39 is 85.4 Å². The lowest BCUT2D eigenvalue weighted by Gasteiger charge is -2.30. The minimum absolute atomic E-state index is 0.178. The van der Waals surface area contributed by atoms with E-state index in [1.165, 1.54) is 0 Å². The van der Waals surface area contributed by atoms with Crippen LogP contribution in [0.15, 0.2) is 12.1 Å². The highest BCUT2D eigenvalue weighted by atomic mass is 19.4. The molecule has 16 heteroatoms. The Morgan fingerprint density at radius 1 is 0.977 bits per heavy atom. The van der Waals surface area contributed by atoms with Crippen molar-refractivity contribution in [3.05, 3.63) is 52.4 Å². The van der Waals surface area contributed by atoms with Gasteiger partial charge >= 0.3 is 18.3 Å².